The Kier molecular flexibility index (Phi) is 5.21. The van der Waals surface area contributed by atoms with Crippen LogP contribution in [0.3, 0.4) is 0 Å². The van der Waals surface area contributed by atoms with Gasteiger partial charge in [0.05, 0.1) is 22.1 Å². The molecular weight excluding hydrogens is 286 g/mol. The van der Waals surface area contributed by atoms with Crippen molar-refractivity contribution >= 4 is 21.4 Å². The Labute approximate surface area is 120 Å². The molecule has 0 aliphatic carbocycles. The van der Waals surface area contributed by atoms with Crippen LogP contribution in [0.4, 0.5) is 0 Å². The summed E-state index contributed by atoms with van der Waals surface area (Å²) in [6.45, 7) is 7.01. The summed E-state index contributed by atoms with van der Waals surface area (Å²) < 4.78 is 28.6. The Balaban J connectivity index is 2.69. The molecule has 19 heavy (non-hydrogen) atoms. The zero-order chi connectivity index (χ0) is 14.7. The summed E-state index contributed by atoms with van der Waals surface area (Å²) in [4.78, 5) is 4.25. The molecule has 0 unspecified atom stereocenters. The highest BCUT2D eigenvalue weighted by molar-refractivity contribution is 7.92. The summed E-state index contributed by atoms with van der Waals surface area (Å²) in [5, 5.41) is 0. The summed E-state index contributed by atoms with van der Waals surface area (Å²) in [5.74, 6) is 0.763. The van der Waals surface area contributed by atoms with Crippen LogP contribution < -0.4 is 4.74 Å². The Morgan fingerprint density at radius 3 is 2.47 bits per heavy atom. The maximum atomic E-state index is 11.9. The number of alkyl halides is 1. The van der Waals surface area contributed by atoms with Crippen LogP contribution in [0.2, 0.25) is 0 Å². The molecule has 0 amide bonds. The van der Waals surface area contributed by atoms with Crippen molar-refractivity contribution in [2.75, 3.05) is 12.4 Å². The molecule has 0 saturated heterocycles. The maximum Gasteiger partial charge on any atom is 0.158 e. The normalized spacial score (nSPS) is 12.5. The number of hydrogen-bond acceptors (Lipinski definition) is 4. The second-order valence-corrected chi connectivity index (χ2v) is 8.44. The van der Waals surface area contributed by atoms with Gasteiger partial charge in [-0.25, -0.2) is 8.42 Å². The number of aromatic nitrogens is 1. The first kappa shape index (κ1) is 16.2. The number of nitrogens with zero attached hydrogens (tertiary/aromatic N) is 1. The molecule has 0 atom stereocenters. The lowest BCUT2D eigenvalue weighted by atomic mass is 10.3. The average molecular weight is 306 g/mol. The summed E-state index contributed by atoms with van der Waals surface area (Å²) >= 11 is 5.78. The molecular formula is C13H20ClNO3S. The third-order valence-corrected chi connectivity index (χ3v) is 5.56. The van der Waals surface area contributed by atoms with E-state index in [1.807, 2.05) is 13.0 Å². The van der Waals surface area contributed by atoms with Crippen LogP contribution >= 0.6 is 11.6 Å². The highest BCUT2D eigenvalue weighted by Gasteiger charge is 2.28. The minimum atomic E-state index is -3.17. The summed E-state index contributed by atoms with van der Waals surface area (Å²) in [6, 6.07) is 3.58. The first-order valence-electron chi connectivity index (χ1n) is 6.05. The summed E-state index contributed by atoms with van der Waals surface area (Å²) in [7, 11) is -3.17. The fourth-order valence-electron chi connectivity index (χ4n) is 1.39. The van der Waals surface area contributed by atoms with Crippen LogP contribution in [-0.2, 0) is 15.7 Å². The van der Waals surface area contributed by atoms with Crippen molar-refractivity contribution in [1.29, 1.82) is 0 Å². The third-order valence-electron chi connectivity index (χ3n) is 2.74. The van der Waals surface area contributed by atoms with Gasteiger partial charge in [0, 0.05) is 5.69 Å². The molecule has 1 aromatic heterocycles. The molecule has 1 rings (SSSR count). The standard InChI is InChI=1S/C13H20ClNO3S/c1-10-5-6-12(11(9-14)15-10)18-7-8-19(16,17)13(2,3)4/h5-6H,7-9H2,1-4H3. The van der Waals surface area contributed by atoms with Crippen LogP contribution in [0.5, 0.6) is 5.75 Å². The van der Waals surface area contributed by atoms with Crippen LogP contribution in [0.1, 0.15) is 32.2 Å². The van der Waals surface area contributed by atoms with Crippen LogP contribution in [-0.4, -0.2) is 30.5 Å². The van der Waals surface area contributed by atoms with Gasteiger partial charge in [0.25, 0.3) is 0 Å². The predicted octanol–water partition coefficient (Wildman–Crippen LogP) is 2.72. The molecule has 0 aliphatic rings. The van der Waals surface area contributed by atoms with Gasteiger partial charge in [-0.05, 0) is 39.8 Å². The van der Waals surface area contributed by atoms with Crippen LogP contribution in [0, 0.1) is 6.92 Å². The van der Waals surface area contributed by atoms with Gasteiger partial charge >= 0.3 is 0 Å². The van der Waals surface area contributed by atoms with Crippen LogP contribution in [0.25, 0.3) is 0 Å². The molecule has 0 radical (unpaired) electrons. The van der Waals surface area contributed by atoms with E-state index in [4.69, 9.17) is 16.3 Å². The van der Waals surface area contributed by atoms with Gasteiger partial charge in [-0.15, -0.1) is 11.6 Å². The van der Waals surface area contributed by atoms with E-state index in [0.717, 1.165) is 5.69 Å². The van der Waals surface area contributed by atoms with E-state index in [2.05, 4.69) is 4.98 Å². The quantitative estimate of drug-likeness (QED) is 0.785. The van der Waals surface area contributed by atoms with Crippen molar-refractivity contribution in [2.45, 2.75) is 38.3 Å². The van der Waals surface area contributed by atoms with Crippen molar-refractivity contribution in [1.82, 2.24) is 4.98 Å². The van der Waals surface area contributed by atoms with Crippen molar-refractivity contribution in [3.8, 4) is 5.75 Å². The van der Waals surface area contributed by atoms with Gasteiger partial charge in [0.1, 0.15) is 12.4 Å². The average Bonchev–Trinajstić information content (AvgIpc) is 2.29. The van der Waals surface area contributed by atoms with Gasteiger partial charge in [-0.3, -0.25) is 4.98 Å². The minimum absolute atomic E-state index is 0.0217. The molecule has 6 heteroatoms. The molecule has 4 nitrogen and oxygen atoms in total. The second-order valence-electron chi connectivity index (χ2n) is 5.31. The largest absolute Gasteiger partial charge is 0.491 e. The van der Waals surface area contributed by atoms with Crippen molar-refractivity contribution in [3.63, 3.8) is 0 Å². The molecule has 0 N–H and O–H groups in total. The second kappa shape index (κ2) is 6.09. The number of halogens is 1. The highest BCUT2D eigenvalue weighted by atomic mass is 35.5. The number of sulfone groups is 1. The van der Waals surface area contributed by atoms with Crippen molar-refractivity contribution < 1.29 is 13.2 Å². The van der Waals surface area contributed by atoms with Gasteiger partial charge in [0.15, 0.2) is 9.84 Å². The lowest BCUT2D eigenvalue weighted by Crippen LogP contribution is -2.32. The monoisotopic (exact) mass is 305 g/mol. The highest BCUT2D eigenvalue weighted by Crippen LogP contribution is 2.20. The number of pyridine rings is 1. The van der Waals surface area contributed by atoms with Gasteiger partial charge in [0.2, 0.25) is 0 Å². The van der Waals surface area contributed by atoms with Gasteiger partial charge in [-0.2, -0.15) is 0 Å². The maximum absolute atomic E-state index is 11.9. The van der Waals surface area contributed by atoms with E-state index in [1.54, 1.807) is 26.8 Å². The summed E-state index contributed by atoms with van der Waals surface area (Å²) in [5.41, 5.74) is 1.49. The van der Waals surface area contributed by atoms with E-state index in [9.17, 15) is 8.42 Å². The lowest BCUT2D eigenvalue weighted by molar-refractivity contribution is 0.335. The number of hydrogen-bond donors (Lipinski definition) is 0. The van der Waals surface area contributed by atoms with E-state index in [1.165, 1.54) is 0 Å². The molecule has 1 heterocycles. The molecule has 0 aliphatic heterocycles. The number of aryl methyl sites for hydroxylation is 1. The predicted molar refractivity (Wildman–Crippen MR) is 77.6 cm³/mol. The molecule has 0 spiro atoms. The molecule has 0 fully saturated rings. The number of rotatable bonds is 5. The molecule has 0 aromatic carbocycles. The smallest absolute Gasteiger partial charge is 0.158 e. The van der Waals surface area contributed by atoms with E-state index < -0.39 is 14.6 Å². The molecule has 0 saturated carbocycles. The van der Waals surface area contributed by atoms with Gasteiger partial charge < -0.3 is 4.74 Å². The zero-order valence-electron chi connectivity index (χ0n) is 11.7. The van der Waals surface area contributed by atoms with E-state index in [0.29, 0.717) is 11.4 Å². The van der Waals surface area contributed by atoms with E-state index >= 15 is 0 Å². The Hall–Kier alpha value is -0.810. The minimum Gasteiger partial charge on any atom is -0.491 e. The Morgan fingerprint density at radius 2 is 1.95 bits per heavy atom. The topological polar surface area (TPSA) is 56.3 Å². The molecule has 108 valence electrons. The first-order chi connectivity index (χ1) is 8.67. The van der Waals surface area contributed by atoms with Crippen molar-refractivity contribution in [2.24, 2.45) is 0 Å². The SMILES string of the molecule is Cc1ccc(OCCS(=O)(=O)C(C)(C)C)c(CCl)n1. The Morgan fingerprint density at radius 1 is 1.32 bits per heavy atom. The first-order valence-corrected chi connectivity index (χ1v) is 8.23. The summed E-state index contributed by atoms with van der Waals surface area (Å²) in [6.07, 6.45) is 0. The Bertz CT molecular complexity index is 535. The fourth-order valence-corrected chi connectivity index (χ4v) is 2.50. The zero-order valence-corrected chi connectivity index (χ0v) is 13.3. The third kappa shape index (κ3) is 4.35. The number of ether oxygens (including phenoxy) is 1. The molecule has 0 bridgehead atoms. The fraction of sp³-hybridized carbons (Fsp3) is 0.615. The molecule has 1 aromatic rings. The van der Waals surface area contributed by atoms with E-state index in [-0.39, 0.29) is 18.2 Å². The van der Waals surface area contributed by atoms with Crippen LogP contribution in [0.15, 0.2) is 12.1 Å². The van der Waals surface area contributed by atoms with Gasteiger partial charge in [-0.1, -0.05) is 0 Å². The van der Waals surface area contributed by atoms with Crippen molar-refractivity contribution in [3.05, 3.63) is 23.5 Å². The lowest BCUT2D eigenvalue weighted by Gasteiger charge is -2.19.